The highest BCUT2D eigenvalue weighted by Gasteiger charge is 2.28. The Morgan fingerprint density at radius 2 is 1.78 bits per heavy atom. The van der Waals surface area contributed by atoms with Gasteiger partial charge < -0.3 is 14.5 Å². The van der Waals surface area contributed by atoms with Crippen molar-refractivity contribution < 1.29 is 22.7 Å². The molecule has 0 spiro atoms. The summed E-state index contributed by atoms with van der Waals surface area (Å²) >= 11 is 6.29. The number of amides is 2. The lowest BCUT2D eigenvalue weighted by molar-refractivity contribution is -0.120. The van der Waals surface area contributed by atoms with Gasteiger partial charge in [0.15, 0.2) is 6.61 Å². The minimum absolute atomic E-state index is 0.0376. The maximum atomic E-state index is 13.9. The molecule has 0 radical (unpaired) electrons. The van der Waals surface area contributed by atoms with Crippen molar-refractivity contribution in [3.05, 3.63) is 52.5 Å². The minimum atomic E-state index is -3.58. The van der Waals surface area contributed by atoms with Gasteiger partial charge in [-0.15, -0.1) is 0 Å². The average molecular weight is 549 g/mol. The first-order valence-corrected chi connectivity index (χ1v) is 14.5. The molecule has 0 saturated carbocycles. The summed E-state index contributed by atoms with van der Waals surface area (Å²) in [4.78, 5) is 31.5. The second-order valence-corrected chi connectivity index (χ2v) is 12.1. The van der Waals surface area contributed by atoms with Crippen molar-refractivity contribution in [1.82, 2.24) is 9.80 Å². The van der Waals surface area contributed by atoms with Crippen LogP contribution >= 0.6 is 11.6 Å². The van der Waals surface area contributed by atoms with Crippen LogP contribution < -0.4 is 13.9 Å². The summed E-state index contributed by atoms with van der Waals surface area (Å²) in [5.41, 5.74) is 2.13. The molecule has 2 aromatic rings. The predicted molar refractivity (Wildman–Crippen MR) is 145 cm³/mol. The fourth-order valence-electron chi connectivity index (χ4n) is 4.71. The van der Waals surface area contributed by atoms with E-state index in [0.717, 1.165) is 0 Å². The third-order valence-electron chi connectivity index (χ3n) is 6.85. The van der Waals surface area contributed by atoms with E-state index >= 15 is 0 Å². The normalized spacial score (nSPS) is 17.7. The van der Waals surface area contributed by atoms with Gasteiger partial charge in [-0.3, -0.25) is 18.8 Å². The van der Waals surface area contributed by atoms with E-state index in [2.05, 4.69) is 18.7 Å². The first-order valence-electron chi connectivity index (χ1n) is 12.3. The van der Waals surface area contributed by atoms with Crippen molar-refractivity contribution >= 4 is 44.8 Å². The monoisotopic (exact) mass is 548 g/mol. The Balaban J connectivity index is 1.75. The molecule has 11 heteroatoms. The third kappa shape index (κ3) is 6.02. The number of hydrogen-bond donors (Lipinski definition) is 0. The van der Waals surface area contributed by atoms with Gasteiger partial charge in [0, 0.05) is 56.4 Å². The number of hydrogen-bond acceptors (Lipinski definition) is 6. The number of carbonyl (C=O) groups is 2. The average Bonchev–Trinajstić information content (AvgIpc) is 2.87. The van der Waals surface area contributed by atoms with Gasteiger partial charge in [0.2, 0.25) is 10.0 Å². The number of fused-ring (bicyclic) bond motifs is 2. The summed E-state index contributed by atoms with van der Waals surface area (Å²) in [6.07, 6.45) is 1.82. The zero-order valence-electron chi connectivity index (χ0n) is 21.6. The second kappa shape index (κ2) is 10.9. The second-order valence-electron chi connectivity index (χ2n) is 9.74. The van der Waals surface area contributed by atoms with E-state index in [1.807, 2.05) is 0 Å². The highest BCUT2D eigenvalue weighted by molar-refractivity contribution is 7.92. The number of carbonyl (C=O) groups excluding carboxylic acids is 2. The number of likely N-dealkylation sites (N-methyl/N-ethyl adjacent to an activating group) is 1. The fraction of sp³-hybridized carbons (Fsp3) is 0.462. The molecule has 2 aromatic carbocycles. The number of anilines is 2. The summed E-state index contributed by atoms with van der Waals surface area (Å²) < 4.78 is 32.5. The van der Waals surface area contributed by atoms with E-state index < -0.39 is 10.0 Å². The van der Waals surface area contributed by atoms with Gasteiger partial charge in [-0.05, 0) is 56.2 Å². The lowest BCUT2D eigenvalue weighted by atomic mass is 10.1. The Morgan fingerprint density at radius 3 is 2.49 bits per heavy atom. The number of sulfonamides is 1. The molecule has 0 atom stereocenters. The Hall–Kier alpha value is -2.82. The van der Waals surface area contributed by atoms with Crippen LogP contribution in [0.25, 0.3) is 0 Å². The van der Waals surface area contributed by atoms with E-state index in [9.17, 15) is 18.0 Å². The van der Waals surface area contributed by atoms with E-state index in [4.69, 9.17) is 16.3 Å². The van der Waals surface area contributed by atoms with Gasteiger partial charge >= 0.3 is 0 Å². The molecule has 2 aliphatic rings. The highest BCUT2D eigenvalue weighted by atomic mass is 35.5. The molecule has 0 bridgehead atoms. The van der Waals surface area contributed by atoms with Crippen LogP contribution in [-0.4, -0.2) is 82.2 Å². The molecule has 0 aromatic heterocycles. The first kappa shape index (κ1) is 27.2. The van der Waals surface area contributed by atoms with Crippen LogP contribution in [0.1, 0.15) is 36.2 Å². The largest absolute Gasteiger partial charge is 0.482 e. The lowest BCUT2D eigenvalue weighted by Gasteiger charge is -2.31. The van der Waals surface area contributed by atoms with E-state index in [1.54, 1.807) is 48.3 Å². The highest BCUT2D eigenvalue weighted by Crippen LogP contribution is 2.33. The van der Waals surface area contributed by atoms with Gasteiger partial charge in [0.25, 0.3) is 11.8 Å². The van der Waals surface area contributed by atoms with Gasteiger partial charge in [0.1, 0.15) is 5.75 Å². The molecule has 2 amide bonds. The van der Waals surface area contributed by atoms with Crippen LogP contribution in [0.15, 0.2) is 36.4 Å². The molecule has 0 fully saturated rings. The number of rotatable bonds is 3. The van der Waals surface area contributed by atoms with Crippen LogP contribution in [0.2, 0.25) is 5.02 Å². The number of benzene rings is 2. The van der Waals surface area contributed by atoms with Crippen molar-refractivity contribution in [2.45, 2.75) is 32.9 Å². The SMILES string of the molecule is CC(C)N1CCCN(S(C)(=O)=O)c2cc(Cl)ccc2CN(C(=O)c2ccc3c(c2)N(C)C(=O)CO3)CC1. The maximum Gasteiger partial charge on any atom is 0.264 e. The van der Waals surface area contributed by atoms with E-state index in [1.165, 1.54) is 15.5 Å². The summed E-state index contributed by atoms with van der Waals surface area (Å²) in [6.45, 7) is 6.42. The number of halogens is 1. The van der Waals surface area contributed by atoms with Gasteiger partial charge in [-0.2, -0.15) is 0 Å². The molecule has 0 unspecified atom stereocenters. The number of nitrogens with zero attached hydrogens (tertiary/aromatic N) is 4. The summed E-state index contributed by atoms with van der Waals surface area (Å²) in [5, 5.41) is 0.423. The van der Waals surface area contributed by atoms with Crippen molar-refractivity contribution in [1.29, 1.82) is 0 Å². The molecule has 0 saturated heterocycles. The Labute approximate surface area is 223 Å². The first-order chi connectivity index (χ1) is 17.5. The lowest BCUT2D eigenvalue weighted by Crippen LogP contribution is -2.41. The van der Waals surface area contributed by atoms with Gasteiger partial charge in [-0.25, -0.2) is 8.42 Å². The van der Waals surface area contributed by atoms with Crippen LogP contribution in [0.3, 0.4) is 0 Å². The fourth-order valence-corrected chi connectivity index (χ4v) is 5.86. The zero-order valence-corrected chi connectivity index (χ0v) is 23.2. The molecule has 9 nitrogen and oxygen atoms in total. The van der Waals surface area contributed by atoms with E-state index in [0.29, 0.717) is 65.9 Å². The van der Waals surface area contributed by atoms with Crippen LogP contribution in [-0.2, 0) is 21.4 Å². The molecule has 37 heavy (non-hydrogen) atoms. The van der Waals surface area contributed by atoms with Crippen LogP contribution in [0.4, 0.5) is 11.4 Å². The quantitative estimate of drug-likeness (QED) is 0.585. The standard InChI is InChI=1S/C26H33ClN4O5S/c1-18(2)29-10-5-11-31(37(4,34)35)22-15-21(27)8-6-20(22)16-30(13-12-29)26(33)19-7-9-24-23(14-19)28(3)25(32)17-36-24/h6-9,14-15,18H,5,10-13,16-17H2,1-4H3. The summed E-state index contributed by atoms with van der Waals surface area (Å²) in [6, 6.07) is 10.4. The summed E-state index contributed by atoms with van der Waals surface area (Å²) in [5.74, 6) is 0.140. The van der Waals surface area contributed by atoms with Crippen LogP contribution in [0, 0.1) is 0 Å². The van der Waals surface area contributed by atoms with Gasteiger partial charge in [0.05, 0.1) is 17.6 Å². The summed E-state index contributed by atoms with van der Waals surface area (Å²) in [7, 11) is -1.93. The Kier molecular flexibility index (Phi) is 8.01. The molecular formula is C26H33ClN4O5S. The molecule has 0 aliphatic carbocycles. The topological polar surface area (TPSA) is 90.5 Å². The molecule has 200 valence electrons. The molecule has 0 N–H and O–H groups in total. The molecule has 2 heterocycles. The van der Waals surface area contributed by atoms with Crippen molar-refractivity contribution in [2.75, 3.05) is 55.3 Å². The molecule has 2 aliphatic heterocycles. The minimum Gasteiger partial charge on any atom is -0.482 e. The zero-order chi connectivity index (χ0) is 26.9. The molecule has 4 rings (SSSR count). The van der Waals surface area contributed by atoms with E-state index in [-0.39, 0.29) is 31.0 Å². The molecular weight excluding hydrogens is 516 g/mol. The Morgan fingerprint density at radius 1 is 1.03 bits per heavy atom. The van der Waals surface area contributed by atoms with Gasteiger partial charge in [-0.1, -0.05) is 17.7 Å². The van der Waals surface area contributed by atoms with Crippen molar-refractivity contribution in [2.24, 2.45) is 0 Å². The predicted octanol–water partition coefficient (Wildman–Crippen LogP) is 3.22. The maximum absolute atomic E-state index is 13.9. The smallest absolute Gasteiger partial charge is 0.264 e. The van der Waals surface area contributed by atoms with Crippen molar-refractivity contribution in [3.63, 3.8) is 0 Å². The third-order valence-corrected chi connectivity index (χ3v) is 8.27. The van der Waals surface area contributed by atoms with Crippen LogP contribution in [0.5, 0.6) is 5.75 Å². The Bertz CT molecular complexity index is 1300. The number of ether oxygens (including phenoxy) is 1. The van der Waals surface area contributed by atoms with Crippen molar-refractivity contribution in [3.8, 4) is 5.75 Å².